The van der Waals surface area contributed by atoms with Gasteiger partial charge in [0, 0.05) is 49.0 Å². The van der Waals surface area contributed by atoms with E-state index in [4.69, 9.17) is 27.9 Å². The Morgan fingerprint density at radius 2 is 1.75 bits per heavy atom. The van der Waals surface area contributed by atoms with Gasteiger partial charge in [0.1, 0.15) is 11.6 Å². The van der Waals surface area contributed by atoms with Crippen molar-refractivity contribution in [3.8, 4) is 11.5 Å². The van der Waals surface area contributed by atoms with Crippen molar-refractivity contribution in [3.05, 3.63) is 86.5 Å². The van der Waals surface area contributed by atoms with Crippen LogP contribution in [0.2, 0.25) is 10.0 Å². The van der Waals surface area contributed by atoms with Gasteiger partial charge in [-0.2, -0.15) is 0 Å². The summed E-state index contributed by atoms with van der Waals surface area (Å²) in [5.74, 6) is 1.07. The lowest BCUT2D eigenvalue weighted by molar-refractivity contribution is -0.385. The maximum atomic E-state index is 12.9. The molecule has 1 aliphatic rings. The summed E-state index contributed by atoms with van der Waals surface area (Å²) in [6.07, 6.45) is 1.70. The lowest BCUT2D eigenvalue weighted by Gasteiger charge is -2.35. The molecule has 10 heteroatoms. The van der Waals surface area contributed by atoms with Crippen LogP contribution in [0.3, 0.4) is 0 Å². The number of carbonyl (C=O) groups excluding carboxylic acids is 1. The van der Waals surface area contributed by atoms with Gasteiger partial charge in [-0.15, -0.1) is 0 Å². The zero-order valence-corrected chi connectivity index (χ0v) is 18.3. The minimum absolute atomic E-state index is 0.0720. The van der Waals surface area contributed by atoms with E-state index in [1.165, 1.54) is 18.2 Å². The van der Waals surface area contributed by atoms with Crippen LogP contribution in [0.1, 0.15) is 10.4 Å². The van der Waals surface area contributed by atoms with Crippen molar-refractivity contribution in [2.75, 3.05) is 31.1 Å². The summed E-state index contributed by atoms with van der Waals surface area (Å²) < 4.78 is 5.63. The Kier molecular flexibility index (Phi) is 6.43. The molecule has 3 aromatic rings. The van der Waals surface area contributed by atoms with Gasteiger partial charge >= 0.3 is 5.69 Å². The van der Waals surface area contributed by atoms with Crippen molar-refractivity contribution in [2.45, 2.75) is 0 Å². The third-order valence-electron chi connectivity index (χ3n) is 5.05. The highest BCUT2D eigenvalue weighted by molar-refractivity contribution is 6.33. The minimum Gasteiger partial charge on any atom is -0.450 e. The summed E-state index contributed by atoms with van der Waals surface area (Å²) in [7, 11) is 0. The Morgan fingerprint density at radius 1 is 1.03 bits per heavy atom. The number of carbonyl (C=O) groups is 1. The zero-order valence-electron chi connectivity index (χ0n) is 16.8. The van der Waals surface area contributed by atoms with Gasteiger partial charge in [0.25, 0.3) is 5.91 Å². The number of anilines is 1. The third kappa shape index (κ3) is 4.76. The zero-order chi connectivity index (χ0) is 22.7. The van der Waals surface area contributed by atoms with E-state index < -0.39 is 4.92 Å². The number of aromatic nitrogens is 1. The summed E-state index contributed by atoms with van der Waals surface area (Å²) in [5, 5.41) is 12.0. The summed E-state index contributed by atoms with van der Waals surface area (Å²) >= 11 is 12.0. The van der Waals surface area contributed by atoms with Crippen LogP contribution in [-0.2, 0) is 0 Å². The van der Waals surface area contributed by atoms with Gasteiger partial charge < -0.3 is 14.5 Å². The Balaban J connectivity index is 1.40. The number of pyridine rings is 1. The number of rotatable bonds is 5. The third-order valence-corrected chi connectivity index (χ3v) is 5.58. The second-order valence-electron chi connectivity index (χ2n) is 7.08. The standard InChI is InChI=1S/C22H18Cl2N4O4/c23-16-5-8-20(19(14-16)28(30)31)32-17-6-3-15(4-7-17)22(29)27-12-10-26(11-13-27)21-18(24)2-1-9-25-21/h1-9,14H,10-13H2. The highest BCUT2D eigenvalue weighted by Gasteiger charge is 2.24. The van der Waals surface area contributed by atoms with Gasteiger partial charge in [-0.05, 0) is 48.5 Å². The number of nitrogens with zero attached hydrogens (tertiary/aromatic N) is 4. The molecule has 2 heterocycles. The van der Waals surface area contributed by atoms with Crippen molar-refractivity contribution < 1.29 is 14.5 Å². The number of hydrogen-bond donors (Lipinski definition) is 0. The fourth-order valence-corrected chi connectivity index (χ4v) is 3.83. The van der Waals surface area contributed by atoms with Gasteiger partial charge in [0.15, 0.2) is 0 Å². The molecule has 32 heavy (non-hydrogen) atoms. The second kappa shape index (κ2) is 9.42. The topological polar surface area (TPSA) is 88.8 Å². The highest BCUT2D eigenvalue weighted by atomic mass is 35.5. The monoisotopic (exact) mass is 472 g/mol. The molecule has 0 saturated carbocycles. The smallest absolute Gasteiger partial charge is 0.313 e. The van der Waals surface area contributed by atoms with Gasteiger partial charge in [-0.1, -0.05) is 23.2 Å². The van der Waals surface area contributed by atoms with Crippen molar-refractivity contribution in [2.24, 2.45) is 0 Å². The molecule has 4 rings (SSSR count). The number of benzene rings is 2. The van der Waals surface area contributed by atoms with Gasteiger partial charge in [0.2, 0.25) is 5.75 Å². The molecule has 2 aromatic carbocycles. The Morgan fingerprint density at radius 3 is 2.41 bits per heavy atom. The van der Waals surface area contributed by atoms with Crippen LogP contribution in [0.15, 0.2) is 60.8 Å². The van der Waals surface area contributed by atoms with Gasteiger partial charge in [0.05, 0.1) is 9.95 Å². The lowest BCUT2D eigenvalue weighted by atomic mass is 10.1. The summed E-state index contributed by atoms with van der Waals surface area (Å²) in [6, 6.07) is 14.3. The molecule has 0 aliphatic carbocycles. The van der Waals surface area contributed by atoms with E-state index in [9.17, 15) is 14.9 Å². The first-order valence-corrected chi connectivity index (χ1v) is 10.5. The van der Waals surface area contributed by atoms with E-state index in [1.807, 2.05) is 0 Å². The predicted molar refractivity (Wildman–Crippen MR) is 122 cm³/mol. The lowest BCUT2D eigenvalue weighted by Crippen LogP contribution is -2.49. The predicted octanol–water partition coefficient (Wildman–Crippen LogP) is 5.05. The number of hydrogen-bond acceptors (Lipinski definition) is 6. The molecule has 1 aromatic heterocycles. The quantitative estimate of drug-likeness (QED) is 0.381. The normalized spacial score (nSPS) is 13.7. The largest absolute Gasteiger partial charge is 0.450 e. The molecule has 0 radical (unpaired) electrons. The number of ether oxygens (including phenoxy) is 1. The van der Waals surface area contributed by atoms with E-state index in [0.717, 1.165) is 5.82 Å². The van der Waals surface area contributed by atoms with Crippen LogP contribution < -0.4 is 9.64 Å². The fraction of sp³-hybridized carbons (Fsp3) is 0.182. The molecule has 0 bridgehead atoms. The van der Waals surface area contributed by atoms with E-state index in [-0.39, 0.29) is 22.4 Å². The van der Waals surface area contributed by atoms with E-state index in [1.54, 1.807) is 47.5 Å². The number of piperazine rings is 1. The fourth-order valence-electron chi connectivity index (χ4n) is 3.43. The van der Waals surface area contributed by atoms with Crippen molar-refractivity contribution in [1.29, 1.82) is 0 Å². The molecule has 0 unspecified atom stereocenters. The Bertz CT molecular complexity index is 1150. The summed E-state index contributed by atoms with van der Waals surface area (Å²) in [4.78, 5) is 31.7. The first-order chi connectivity index (χ1) is 15.4. The Hall–Kier alpha value is -3.36. The first-order valence-electron chi connectivity index (χ1n) is 9.79. The maximum Gasteiger partial charge on any atom is 0.313 e. The van der Waals surface area contributed by atoms with Crippen molar-refractivity contribution >= 4 is 40.6 Å². The molecule has 0 atom stereocenters. The van der Waals surface area contributed by atoms with Gasteiger partial charge in [-0.3, -0.25) is 14.9 Å². The van der Waals surface area contributed by atoms with Crippen molar-refractivity contribution in [3.63, 3.8) is 0 Å². The molecule has 0 N–H and O–H groups in total. The summed E-state index contributed by atoms with van der Waals surface area (Å²) in [5.41, 5.74) is 0.274. The molecule has 8 nitrogen and oxygen atoms in total. The molecule has 1 amide bonds. The number of nitro groups is 1. The summed E-state index contributed by atoms with van der Waals surface area (Å²) in [6.45, 7) is 2.34. The van der Waals surface area contributed by atoms with Crippen LogP contribution in [0.5, 0.6) is 11.5 Å². The second-order valence-corrected chi connectivity index (χ2v) is 7.93. The SMILES string of the molecule is O=C(c1ccc(Oc2ccc(Cl)cc2[N+](=O)[O-])cc1)N1CCN(c2ncccc2Cl)CC1. The van der Waals surface area contributed by atoms with E-state index >= 15 is 0 Å². The van der Waals surface area contributed by atoms with Crippen LogP contribution >= 0.6 is 23.2 Å². The number of halogens is 2. The molecule has 164 valence electrons. The molecular weight excluding hydrogens is 455 g/mol. The van der Waals surface area contributed by atoms with Crippen LogP contribution in [0.25, 0.3) is 0 Å². The minimum atomic E-state index is -0.559. The average molecular weight is 473 g/mol. The maximum absolute atomic E-state index is 12.9. The highest BCUT2D eigenvalue weighted by Crippen LogP contribution is 2.33. The molecule has 1 aliphatic heterocycles. The molecule has 0 spiro atoms. The van der Waals surface area contributed by atoms with Crippen molar-refractivity contribution in [1.82, 2.24) is 9.88 Å². The van der Waals surface area contributed by atoms with Crippen LogP contribution in [0.4, 0.5) is 11.5 Å². The first kappa shape index (κ1) is 21.9. The van der Waals surface area contributed by atoms with E-state index in [0.29, 0.717) is 42.5 Å². The molecule has 1 saturated heterocycles. The van der Waals surface area contributed by atoms with Crippen LogP contribution in [-0.4, -0.2) is 46.9 Å². The number of amides is 1. The van der Waals surface area contributed by atoms with E-state index in [2.05, 4.69) is 9.88 Å². The number of nitro benzene ring substituents is 1. The average Bonchev–Trinajstić information content (AvgIpc) is 2.80. The molecule has 1 fully saturated rings. The molecular formula is C22H18Cl2N4O4. The van der Waals surface area contributed by atoms with Gasteiger partial charge in [-0.25, -0.2) is 4.98 Å². The Labute approximate surface area is 194 Å². The van der Waals surface area contributed by atoms with Crippen LogP contribution in [0, 0.1) is 10.1 Å².